The number of aromatic nitrogens is 1. The van der Waals surface area contributed by atoms with Crippen LogP contribution in [0, 0.1) is 22.7 Å². The smallest absolute Gasteiger partial charge is 0.239 e. The van der Waals surface area contributed by atoms with Gasteiger partial charge in [0.05, 0.1) is 30.4 Å². The molecule has 2 rings (SSSR count). The van der Waals surface area contributed by atoms with E-state index in [4.69, 9.17) is 10.8 Å². The Labute approximate surface area is 202 Å². The third-order valence-corrected chi connectivity index (χ3v) is 6.16. The van der Waals surface area contributed by atoms with Gasteiger partial charge in [0.1, 0.15) is 28.2 Å². The highest BCUT2D eigenvalue weighted by Crippen LogP contribution is 2.39. The van der Waals surface area contributed by atoms with Crippen molar-refractivity contribution < 1.29 is 19.8 Å². The lowest BCUT2D eigenvalue weighted by molar-refractivity contribution is -0.120. The van der Waals surface area contributed by atoms with Gasteiger partial charge in [-0.1, -0.05) is 49.0 Å². The number of aliphatic hydroxyl groups excluding tert-OH is 2. The molecule has 34 heavy (non-hydrogen) atoms. The van der Waals surface area contributed by atoms with Crippen molar-refractivity contribution in [3.63, 3.8) is 0 Å². The van der Waals surface area contributed by atoms with Crippen molar-refractivity contribution in [1.82, 2.24) is 10.3 Å². The molecule has 0 spiro atoms. The fourth-order valence-corrected chi connectivity index (χ4v) is 4.28. The Kier molecular flexibility index (Phi) is 9.83. The number of amides is 2. The van der Waals surface area contributed by atoms with E-state index in [2.05, 4.69) is 22.4 Å². The van der Waals surface area contributed by atoms with Gasteiger partial charge in [-0.05, 0) is 17.5 Å². The molecule has 0 bridgehead atoms. The minimum absolute atomic E-state index is 0.131. The highest BCUT2D eigenvalue weighted by molar-refractivity contribution is 8.00. The van der Waals surface area contributed by atoms with Gasteiger partial charge < -0.3 is 26.2 Å². The van der Waals surface area contributed by atoms with Crippen molar-refractivity contribution >= 4 is 29.4 Å². The second-order valence-electron chi connectivity index (χ2n) is 7.35. The van der Waals surface area contributed by atoms with Gasteiger partial charge in [-0.2, -0.15) is 10.5 Å². The Hall–Kier alpha value is -3.64. The molecule has 1 heterocycles. The molecule has 2 aromatic rings. The number of likely N-dealkylation sites (N-methyl/N-ethyl adjacent to an activating group) is 1. The third-order valence-electron chi connectivity index (χ3n) is 4.90. The molecule has 178 valence electrons. The summed E-state index contributed by atoms with van der Waals surface area (Å²) >= 11 is 1.01. The van der Waals surface area contributed by atoms with Crippen LogP contribution in [0.1, 0.15) is 34.4 Å². The van der Waals surface area contributed by atoms with Gasteiger partial charge in [0.15, 0.2) is 0 Å². The molecular weight excluding hydrogens is 456 g/mol. The average molecular weight is 483 g/mol. The molecule has 0 fully saturated rings. The van der Waals surface area contributed by atoms with Crippen LogP contribution < -0.4 is 16.0 Å². The highest BCUT2D eigenvalue weighted by Gasteiger charge is 2.27. The summed E-state index contributed by atoms with van der Waals surface area (Å²) in [6.07, 6.45) is -0.736. The van der Waals surface area contributed by atoms with Gasteiger partial charge in [0.25, 0.3) is 0 Å². The van der Waals surface area contributed by atoms with E-state index in [0.717, 1.165) is 11.8 Å². The number of nitriles is 2. The zero-order chi connectivity index (χ0) is 25.3. The Morgan fingerprint density at radius 3 is 2.41 bits per heavy atom. The maximum Gasteiger partial charge on any atom is 0.239 e. The van der Waals surface area contributed by atoms with Crippen LogP contribution in [0.4, 0.5) is 5.82 Å². The number of pyridine rings is 1. The second-order valence-corrected chi connectivity index (χ2v) is 8.45. The molecule has 2 atom stereocenters. The van der Waals surface area contributed by atoms with Crippen LogP contribution in [0.15, 0.2) is 35.4 Å². The number of nitrogens with two attached hydrogens (primary N) is 1. The predicted octanol–water partition coefficient (Wildman–Crippen LogP) is 0.612. The van der Waals surface area contributed by atoms with Crippen molar-refractivity contribution in [3.05, 3.63) is 52.6 Å². The van der Waals surface area contributed by atoms with Crippen molar-refractivity contribution in [3.8, 4) is 12.1 Å². The number of benzene rings is 1. The SMILES string of the molecule is CCc1c(C#N)c(SC(C(N)=O)c2ccccc2)nc(N(C)CC(=O)NC[C@@H](O)CO)c1C#N. The number of carbonyl (C=O) groups is 2. The van der Waals surface area contributed by atoms with Gasteiger partial charge >= 0.3 is 0 Å². The maximum atomic E-state index is 12.3. The standard InChI is InChI=1S/C23H26N6O4S/c1-3-16-17(9-24)22(29(2)12-19(32)27-11-15(31)13-30)28-23(18(16)10-25)34-20(21(26)33)14-7-5-4-6-8-14/h4-8,15,20,30-31H,3,11-13H2,1-2H3,(H2,26,33)(H,27,32)/t15-,20?/m1/s1. The molecule has 11 heteroatoms. The number of rotatable bonds is 11. The number of nitrogens with zero attached hydrogens (tertiary/aromatic N) is 4. The average Bonchev–Trinajstić information content (AvgIpc) is 2.84. The first-order valence-corrected chi connectivity index (χ1v) is 11.3. The molecule has 0 radical (unpaired) electrons. The first kappa shape index (κ1) is 26.6. The van der Waals surface area contributed by atoms with Crippen LogP contribution in [0.5, 0.6) is 0 Å². The normalized spacial score (nSPS) is 12.2. The van der Waals surface area contributed by atoms with Crippen LogP contribution in [-0.2, 0) is 16.0 Å². The summed E-state index contributed by atoms with van der Waals surface area (Å²) in [7, 11) is 1.56. The first-order valence-electron chi connectivity index (χ1n) is 10.4. The lowest BCUT2D eigenvalue weighted by atomic mass is 10.0. The van der Waals surface area contributed by atoms with E-state index >= 15 is 0 Å². The fourth-order valence-electron chi connectivity index (χ4n) is 3.22. The Morgan fingerprint density at radius 1 is 1.24 bits per heavy atom. The van der Waals surface area contributed by atoms with Crippen LogP contribution in [0.3, 0.4) is 0 Å². The summed E-state index contributed by atoms with van der Waals surface area (Å²) in [5.41, 5.74) is 7.08. The van der Waals surface area contributed by atoms with Crippen molar-refractivity contribution in [2.45, 2.75) is 29.7 Å². The maximum absolute atomic E-state index is 12.3. The number of hydrogen-bond acceptors (Lipinski definition) is 9. The minimum Gasteiger partial charge on any atom is -0.394 e. The number of primary amides is 1. The van der Waals surface area contributed by atoms with E-state index in [9.17, 15) is 25.2 Å². The molecule has 5 N–H and O–H groups in total. The summed E-state index contributed by atoms with van der Waals surface area (Å²) in [4.78, 5) is 30.5. The largest absolute Gasteiger partial charge is 0.394 e. The van der Waals surface area contributed by atoms with Gasteiger partial charge in [0.2, 0.25) is 11.8 Å². The summed E-state index contributed by atoms with van der Waals surface area (Å²) in [6, 6.07) is 13.0. The number of carbonyl (C=O) groups excluding carboxylic acids is 2. The molecule has 2 amide bonds. The molecule has 10 nitrogen and oxygen atoms in total. The van der Waals surface area contributed by atoms with Gasteiger partial charge in [0, 0.05) is 13.6 Å². The van der Waals surface area contributed by atoms with Crippen LogP contribution in [0.2, 0.25) is 0 Å². The van der Waals surface area contributed by atoms with Gasteiger partial charge in [-0.25, -0.2) is 4.98 Å². The van der Waals surface area contributed by atoms with Crippen LogP contribution >= 0.6 is 11.8 Å². The van der Waals surface area contributed by atoms with Crippen LogP contribution in [-0.4, -0.2) is 59.9 Å². The number of aliphatic hydroxyl groups is 2. The monoisotopic (exact) mass is 482 g/mol. The topological polar surface area (TPSA) is 176 Å². The van der Waals surface area contributed by atoms with E-state index in [-0.39, 0.29) is 35.1 Å². The Morgan fingerprint density at radius 2 is 1.88 bits per heavy atom. The summed E-state index contributed by atoms with van der Waals surface area (Å²) in [6.45, 7) is 0.973. The zero-order valence-electron chi connectivity index (χ0n) is 18.9. The Balaban J connectivity index is 2.49. The van der Waals surface area contributed by atoms with E-state index in [1.54, 1.807) is 44.3 Å². The molecule has 0 saturated heterocycles. The molecule has 0 saturated carbocycles. The molecule has 0 aliphatic rings. The number of anilines is 1. The van der Waals surface area contributed by atoms with Crippen molar-refractivity contribution in [1.29, 1.82) is 10.5 Å². The molecule has 0 aliphatic carbocycles. The fraction of sp³-hybridized carbons (Fsp3) is 0.348. The number of thioether (sulfide) groups is 1. The molecule has 1 unspecified atom stereocenters. The molecular formula is C23H26N6O4S. The van der Waals surface area contributed by atoms with Gasteiger partial charge in [-0.15, -0.1) is 0 Å². The van der Waals surface area contributed by atoms with E-state index in [1.807, 2.05) is 0 Å². The van der Waals surface area contributed by atoms with Crippen molar-refractivity contribution in [2.24, 2.45) is 5.73 Å². The minimum atomic E-state index is -1.09. The Bertz CT molecular complexity index is 1110. The molecule has 1 aromatic heterocycles. The van der Waals surface area contributed by atoms with Crippen molar-refractivity contribution in [2.75, 3.05) is 31.6 Å². The third kappa shape index (κ3) is 6.45. The molecule has 1 aromatic carbocycles. The van der Waals surface area contributed by atoms with E-state index in [0.29, 0.717) is 17.5 Å². The number of nitrogens with one attached hydrogen (secondary N) is 1. The summed E-state index contributed by atoms with van der Waals surface area (Å²) < 4.78 is 0. The first-order chi connectivity index (χ1) is 16.3. The van der Waals surface area contributed by atoms with Gasteiger partial charge in [-0.3, -0.25) is 9.59 Å². The van der Waals surface area contributed by atoms with E-state index < -0.39 is 29.8 Å². The second kappa shape index (κ2) is 12.6. The lowest BCUT2D eigenvalue weighted by Gasteiger charge is -2.23. The number of hydrogen-bond donors (Lipinski definition) is 4. The quantitative estimate of drug-likeness (QED) is 0.334. The molecule has 0 aliphatic heterocycles. The van der Waals surface area contributed by atoms with Crippen LogP contribution in [0.25, 0.3) is 0 Å². The summed E-state index contributed by atoms with van der Waals surface area (Å²) in [5, 5.41) is 39.9. The highest BCUT2D eigenvalue weighted by atomic mass is 32.2. The zero-order valence-corrected chi connectivity index (χ0v) is 19.7. The summed E-state index contributed by atoms with van der Waals surface area (Å²) in [5.74, 6) is -0.896. The van der Waals surface area contributed by atoms with E-state index in [1.165, 1.54) is 4.90 Å². The predicted molar refractivity (Wildman–Crippen MR) is 127 cm³/mol. The lowest BCUT2D eigenvalue weighted by Crippen LogP contribution is -2.40.